The first kappa shape index (κ1) is 19.5. The highest BCUT2D eigenvalue weighted by atomic mass is 35.5. The van der Waals surface area contributed by atoms with Crippen molar-refractivity contribution in [2.75, 3.05) is 40.4 Å². The lowest BCUT2D eigenvalue weighted by atomic mass is 10.1. The Hall–Kier alpha value is -2.24. The first-order valence-electron chi connectivity index (χ1n) is 9.15. The van der Waals surface area contributed by atoms with Crippen LogP contribution in [0.5, 0.6) is 11.5 Å². The van der Waals surface area contributed by atoms with Gasteiger partial charge in [-0.3, -0.25) is 4.79 Å². The number of hydrogen-bond donors (Lipinski definition) is 1. The molecule has 2 aromatic rings. The Morgan fingerprint density at radius 1 is 1.00 bits per heavy atom. The number of rotatable bonds is 6. The molecule has 1 saturated heterocycles. The summed E-state index contributed by atoms with van der Waals surface area (Å²) in [5.74, 6) is 1.68. The van der Waals surface area contributed by atoms with Gasteiger partial charge >= 0.3 is 0 Å². The van der Waals surface area contributed by atoms with Crippen molar-refractivity contribution in [1.29, 1.82) is 0 Å². The van der Waals surface area contributed by atoms with Crippen molar-refractivity contribution in [3.63, 3.8) is 0 Å². The van der Waals surface area contributed by atoms with E-state index in [0.717, 1.165) is 49.8 Å². The van der Waals surface area contributed by atoms with E-state index < -0.39 is 0 Å². The van der Waals surface area contributed by atoms with E-state index in [0.29, 0.717) is 11.4 Å². The van der Waals surface area contributed by atoms with Crippen LogP contribution in [0, 0.1) is 0 Å². The molecule has 27 heavy (non-hydrogen) atoms. The van der Waals surface area contributed by atoms with Crippen molar-refractivity contribution >= 4 is 17.5 Å². The number of carbonyl (C=O) groups excluding carboxylic acids is 1. The topological polar surface area (TPSA) is 43.2 Å². The van der Waals surface area contributed by atoms with Crippen molar-refractivity contribution in [1.82, 2.24) is 4.90 Å². The molecular formula is C21H26ClN2O3+. The van der Waals surface area contributed by atoms with Gasteiger partial charge in [0.2, 0.25) is 5.91 Å². The third-order valence-electron chi connectivity index (χ3n) is 4.99. The second kappa shape index (κ2) is 9.11. The molecule has 6 heteroatoms. The average Bonchev–Trinajstić information content (AvgIpc) is 2.70. The SMILES string of the molecule is COc1ccc(C[NH+]2CCN(C(=O)Cc3ccc(Cl)cc3)CC2)cc1OC. The fraction of sp³-hybridized carbons (Fsp3) is 0.381. The second-order valence-electron chi connectivity index (χ2n) is 6.80. The molecule has 0 aromatic heterocycles. The molecule has 0 atom stereocenters. The molecule has 0 spiro atoms. The van der Waals surface area contributed by atoms with Gasteiger partial charge in [-0.1, -0.05) is 23.7 Å². The number of halogens is 1. The van der Waals surface area contributed by atoms with Gasteiger partial charge in [0.05, 0.1) is 46.8 Å². The van der Waals surface area contributed by atoms with E-state index >= 15 is 0 Å². The quantitative estimate of drug-likeness (QED) is 0.819. The number of nitrogens with zero attached hydrogens (tertiary/aromatic N) is 1. The van der Waals surface area contributed by atoms with E-state index in [1.54, 1.807) is 14.2 Å². The zero-order chi connectivity index (χ0) is 19.2. The van der Waals surface area contributed by atoms with Gasteiger partial charge in [0.25, 0.3) is 0 Å². The number of piperazine rings is 1. The first-order chi connectivity index (χ1) is 13.1. The summed E-state index contributed by atoms with van der Waals surface area (Å²) in [5.41, 5.74) is 2.22. The van der Waals surface area contributed by atoms with E-state index in [-0.39, 0.29) is 5.91 Å². The molecule has 1 aliphatic rings. The molecule has 1 aliphatic heterocycles. The van der Waals surface area contributed by atoms with Crippen molar-refractivity contribution in [3.8, 4) is 11.5 Å². The molecule has 144 valence electrons. The van der Waals surface area contributed by atoms with E-state index in [1.165, 1.54) is 10.5 Å². The minimum Gasteiger partial charge on any atom is -0.493 e. The Labute approximate surface area is 165 Å². The van der Waals surface area contributed by atoms with Gasteiger partial charge in [0.1, 0.15) is 6.54 Å². The summed E-state index contributed by atoms with van der Waals surface area (Å²) in [6, 6.07) is 13.5. The summed E-state index contributed by atoms with van der Waals surface area (Å²) in [4.78, 5) is 16.0. The largest absolute Gasteiger partial charge is 0.493 e. The van der Waals surface area contributed by atoms with Crippen LogP contribution in [0.15, 0.2) is 42.5 Å². The van der Waals surface area contributed by atoms with E-state index in [1.807, 2.05) is 41.3 Å². The summed E-state index contributed by atoms with van der Waals surface area (Å²) in [7, 11) is 3.29. The fourth-order valence-corrected chi connectivity index (χ4v) is 3.54. The fourth-order valence-electron chi connectivity index (χ4n) is 3.42. The monoisotopic (exact) mass is 389 g/mol. The Bertz CT molecular complexity index is 771. The van der Waals surface area contributed by atoms with Crippen LogP contribution >= 0.6 is 11.6 Å². The molecule has 2 aromatic carbocycles. The number of carbonyl (C=O) groups is 1. The molecule has 1 fully saturated rings. The molecular weight excluding hydrogens is 364 g/mol. The van der Waals surface area contributed by atoms with Crippen LogP contribution < -0.4 is 14.4 Å². The standard InChI is InChI=1S/C21H25ClN2O3/c1-26-19-8-5-17(13-20(19)27-2)15-23-9-11-24(12-10-23)21(25)14-16-3-6-18(22)7-4-16/h3-8,13H,9-12,14-15H2,1-2H3/p+1. The minimum absolute atomic E-state index is 0.183. The minimum atomic E-state index is 0.183. The zero-order valence-corrected chi connectivity index (χ0v) is 16.6. The van der Waals surface area contributed by atoms with Crippen LogP contribution in [-0.2, 0) is 17.8 Å². The van der Waals surface area contributed by atoms with Crippen LogP contribution in [-0.4, -0.2) is 51.2 Å². The van der Waals surface area contributed by atoms with E-state index in [4.69, 9.17) is 21.1 Å². The summed E-state index contributed by atoms with van der Waals surface area (Å²) in [5, 5.41) is 0.693. The normalized spacial score (nSPS) is 14.9. The summed E-state index contributed by atoms with van der Waals surface area (Å²) >= 11 is 5.90. The third-order valence-corrected chi connectivity index (χ3v) is 5.25. The van der Waals surface area contributed by atoms with Gasteiger partial charge in [-0.05, 0) is 35.9 Å². The van der Waals surface area contributed by atoms with Crippen molar-refractivity contribution < 1.29 is 19.2 Å². The molecule has 3 rings (SSSR count). The van der Waals surface area contributed by atoms with Gasteiger partial charge < -0.3 is 19.3 Å². The van der Waals surface area contributed by atoms with Crippen molar-refractivity contribution in [2.24, 2.45) is 0 Å². The number of amides is 1. The van der Waals surface area contributed by atoms with Crippen LogP contribution in [0.25, 0.3) is 0 Å². The molecule has 0 saturated carbocycles. The molecule has 5 nitrogen and oxygen atoms in total. The van der Waals surface area contributed by atoms with E-state index in [2.05, 4.69) is 6.07 Å². The molecule has 1 heterocycles. The number of ether oxygens (including phenoxy) is 2. The number of benzene rings is 2. The maximum atomic E-state index is 12.5. The lowest BCUT2D eigenvalue weighted by molar-refractivity contribution is -0.917. The molecule has 0 unspecified atom stereocenters. The van der Waals surface area contributed by atoms with Crippen LogP contribution in [0.1, 0.15) is 11.1 Å². The third kappa shape index (κ3) is 5.15. The van der Waals surface area contributed by atoms with Crippen LogP contribution in [0.2, 0.25) is 5.02 Å². The summed E-state index contributed by atoms with van der Waals surface area (Å²) < 4.78 is 10.7. The number of quaternary nitrogens is 1. The molecule has 0 bridgehead atoms. The highest BCUT2D eigenvalue weighted by Crippen LogP contribution is 2.27. The number of nitrogens with one attached hydrogen (secondary N) is 1. The maximum Gasteiger partial charge on any atom is 0.227 e. The molecule has 0 radical (unpaired) electrons. The van der Waals surface area contributed by atoms with Gasteiger partial charge in [-0.25, -0.2) is 0 Å². The van der Waals surface area contributed by atoms with Crippen LogP contribution in [0.3, 0.4) is 0 Å². The molecule has 1 amide bonds. The van der Waals surface area contributed by atoms with Gasteiger partial charge in [0.15, 0.2) is 11.5 Å². The number of methoxy groups -OCH3 is 2. The summed E-state index contributed by atoms with van der Waals surface area (Å²) in [6.45, 7) is 4.38. The van der Waals surface area contributed by atoms with Crippen molar-refractivity contribution in [3.05, 3.63) is 58.6 Å². The van der Waals surface area contributed by atoms with Crippen molar-refractivity contribution in [2.45, 2.75) is 13.0 Å². The maximum absolute atomic E-state index is 12.5. The number of hydrogen-bond acceptors (Lipinski definition) is 3. The highest BCUT2D eigenvalue weighted by molar-refractivity contribution is 6.30. The van der Waals surface area contributed by atoms with Gasteiger partial charge in [-0.15, -0.1) is 0 Å². The predicted octanol–water partition coefficient (Wildman–Crippen LogP) is 1.83. The Morgan fingerprint density at radius 2 is 1.63 bits per heavy atom. The highest BCUT2D eigenvalue weighted by Gasteiger charge is 2.24. The lowest BCUT2D eigenvalue weighted by Crippen LogP contribution is -3.13. The summed E-state index contributed by atoms with van der Waals surface area (Å²) in [6.07, 6.45) is 0.433. The zero-order valence-electron chi connectivity index (χ0n) is 15.8. The van der Waals surface area contributed by atoms with Gasteiger partial charge in [-0.2, -0.15) is 0 Å². The predicted molar refractivity (Wildman–Crippen MR) is 106 cm³/mol. The Morgan fingerprint density at radius 3 is 2.26 bits per heavy atom. The average molecular weight is 390 g/mol. The van der Waals surface area contributed by atoms with Gasteiger partial charge in [0, 0.05) is 10.6 Å². The smallest absolute Gasteiger partial charge is 0.227 e. The lowest BCUT2D eigenvalue weighted by Gasteiger charge is -2.32. The first-order valence-corrected chi connectivity index (χ1v) is 9.53. The molecule has 1 N–H and O–H groups in total. The Balaban J connectivity index is 1.51. The molecule has 0 aliphatic carbocycles. The Kier molecular flexibility index (Phi) is 6.58. The van der Waals surface area contributed by atoms with E-state index in [9.17, 15) is 4.79 Å². The second-order valence-corrected chi connectivity index (χ2v) is 7.24. The van der Waals surface area contributed by atoms with Crippen LogP contribution in [0.4, 0.5) is 0 Å².